The molecule has 0 atom stereocenters. The number of thiol groups is 1. The Labute approximate surface area is 93.0 Å². The first kappa shape index (κ1) is 10.9. The fraction of sp³-hybridized carbons (Fsp3) is 0.400. The van der Waals surface area contributed by atoms with E-state index in [-0.39, 0.29) is 0 Å². The van der Waals surface area contributed by atoms with Crippen LogP contribution in [-0.2, 0) is 6.42 Å². The van der Waals surface area contributed by atoms with E-state index >= 15 is 0 Å². The molecular weight excluding hydrogens is 248 g/mol. The highest BCUT2D eigenvalue weighted by atomic mass is 79.9. The third-order valence-electron chi connectivity index (χ3n) is 1.88. The van der Waals surface area contributed by atoms with Gasteiger partial charge in [0.05, 0.1) is 7.11 Å². The molecular formula is C10H13BrOS. The number of ether oxygens (including phenoxy) is 1. The molecule has 0 aliphatic heterocycles. The summed E-state index contributed by atoms with van der Waals surface area (Å²) in [5.74, 6) is 1.86. The van der Waals surface area contributed by atoms with Crippen LogP contribution in [0.25, 0.3) is 0 Å². The quantitative estimate of drug-likeness (QED) is 0.818. The highest BCUT2D eigenvalue weighted by Crippen LogP contribution is 2.27. The van der Waals surface area contributed by atoms with Crippen LogP contribution in [0.4, 0.5) is 0 Å². The van der Waals surface area contributed by atoms with Gasteiger partial charge in [-0.15, -0.1) is 0 Å². The molecule has 0 aliphatic carbocycles. The lowest BCUT2D eigenvalue weighted by molar-refractivity contribution is 0.409. The van der Waals surface area contributed by atoms with Gasteiger partial charge >= 0.3 is 0 Å². The lowest BCUT2D eigenvalue weighted by Crippen LogP contribution is -1.94. The standard InChI is InChI=1S/C10H13BrOS/c1-12-10-6-2-5-9(11)8(10)4-3-7-13/h2,5-6,13H,3-4,7H2,1H3. The van der Waals surface area contributed by atoms with Crippen LogP contribution in [0, 0.1) is 0 Å². The molecule has 0 N–H and O–H groups in total. The summed E-state index contributed by atoms with van der Waals surface area (Å²) in [5, 5.41) is 0. The zero-order valence-corrected chi connectivity index (χ0v) is 10.1. The number of hydrogen-bond acceptors (Lipinski definition) is 2. The van der Waals surface area contributed by atoms with Gasteiger partial charge < -0.3 is 4.74 Å². The van der Waals surface area contributed by atoms with E-state index in [1.54, 1.807) is 7.11 Å². The third kappa shape index (κ3) is 2.92. The summed E-state index contributed by atoms with van der Waals surface area (Å²) in [6, 6.07) is 6.00. The molecule has 0 saturated heterocycles. The normalized spacial score (nSPS) is 10.1. The zero-order chi connectivity index (χ0) is 9.68. The summed E-state index contributed by atoms with van der Waals surface area (Å²) in [6.45, 7) is 0. The van der Waals surface area contributed by atoms with Crippen molar-refractivity contribution in [3.8, 4) is 5.75 Å². The highest BCUT2D eigenvalue weighted by molar-refractivity contribution is 9.10. The minimum Gasteiger partial charge on any atom is -0.496 e. The summed E-state index contributed by atoms with van der Waals surface area (Å²) in [5.41, 5.74) is 1.24. The molecule has 72 valence electrons. The van der Waals surface area contributed by atoms with E-state index in [0.717, 1.165) is 28.8 Å². The van der Waals surface area contributed by atoms with E-state index < -0.39 is 0 Å². The van der Waals surface area contributed by atoms with Crippen LogP contribution in [0.1, 0.15) is 12.0 Å². The van der Waals surface area contributed by atoms with E-state index in [0.29, 0.717) is 0 Å². The number of rotatable bonds is 4. The molecule has 0 radical (unpaired) electrons. The minimum atomic E-state index is 0.907. The van der Waals surface area contributed by atoms with Crippen molar-refractivity contribution in [2.75, 3.05) is 12.9 Å². The fourth-order valence-electron chi connectivity index (χ4n) is 1.23. The Bertz CT molecular complexity index is 276. The molecule has 0 aliphatic rings. The van der Waals surface area contributed by atoms with Crippen molar-refractivity contribution in [3.63, 3.8) is 0 Å². The van der Waals surface area contributed by atoms with Crippen molar-refractivity contribution >= 4 is 28.6 Å². The van der Waals surface area contributed by atoms with Gasteiger partial charge in [-0.3, -0.25) is 0 Å². The maximum absolute atomic E-state index is 5.27. The molecule has 3 heteroatoms. The molecule has 1 aromatic rings. The third-order valence-corrected chi connectivity index (χ3v) is 2.94. The minimum absolute atomic E-state index is 0.907. The molecule has 0 unspecified atom stereocenters. The van der Waals surface area contributed by atoms with Crippen molar-refractivity contribution in [1.29, 1.82) is 0 Å². The van der Waals surface area contributed by atoms with Gasteiger partial charge in [-0.1, -0.05) is 22.0 Å². The van der Waals surface area contributed by atoms with Crippen LogP contribution < -0.4 is 4.74 Å². The summed E-state index contributed by atoms with van der Waals surface area (Å²) >= 11 is 7.71. The molecule has 1 nitrogen and oxygen atoms in total. The second kappa shape index (κ2) is 5.55. The first-order valence-corrected chi connectivity index (χ1v) is 5.64. The van der Waals surface area contributed by atoms with Gasteiger partial charge in [0.25, 0.3) is 0 Å². The Morgan fingerprint density at radius 1 is 1.46 bits per heavy atom. The number of halogens is 1. The first-order valence-electron chi connectivity index (χ1n) is 4.22. The monoisotopic (exact) mass is 260 g/mol. The van der Waals surface area contributed by atoms with Gasteiger partial charge in [-0.25, -0.2) is 0 Å². The van der Waals surface area contributed by atoms with Crippen molar-refractivity contribution in [1.82, 2.24) is 0 Å². The molecule has 0 saturated carbocycles. The Kier molecular flexibility index (Phi) is 4.67. The van der Waals surface area contributed by atoms with E-state index in [4.69, 9.17) is 4.74 Å². The molecule has 0 amide bonds. The first-order chi connectivity index (χ1) is 6.29. The van der Waals surface area contributed by atoms with Crippen LogP contribution in [0.15, 0.2) is 22.7 Å². The second-order valence-corrected chi connectivity index (χ2v) is 4.05. The SMILES string of the molecule is COc1cccc(Br)c1CCCS. The summed E-state index contributed by atoms with van der Waals surface area (Å²) in [6.07, 6.45) is 2.08. The smallest absolute Gasteiger partial charge is 0.123 e. The molecule has 0 bridgehead atoms. The molecule has 13 heavy (non-hydrogen) atoms. The van der Waals surface area contributed by atoms with Gasteiger partial charge in [0.1, 0.15) is 5.75 Å². The van der Waals surface area contributed by atoms with Gasteiger partial charge in [0, 0.05) is 10.0 Å². The Hall–Kier alpha value is -0.150. The van der Waals surface area contributed by atoms with Gasteiger partial charge in [0.15, 0.2) is 0 Å². The fourth-order valence-corrected chi connectivity index (χ4v) is 1.93. The summed E-state index contributed by atoms with van der Waals surface area (Å²) in [7, 11) is 1.70. The highest BCUT2D eigenvalue weighted by Gasteiger charge is 2.05. The Balaban J connectivity index is 2.87. The molecule has 0 fully saturated rings. The largest absolute Gasteiger partial charge is 0.496 e. The predicted octanol–water partition coefficient (Wildman–Crippen LogP) is 3.32. The Morgan fingerprint density at radius 3 is 2.85 bits per heavy atom. The second-order valence-electron chi connectivity index (χ2n) is 2.75. The molecule has 0 aromatic heterocycles. The maximum atomic E-state index is 5.27. The average Bonchev–Trinajstić information content (AvgIpc) is 2.15. The Morgan fingerprint density at radius 2 is 2.23 bits per heavy atom. The zero-order valence-electron chi connectivity index (χ0n) is 7.59. The lowest BCUT2D eigenvalue weighted by atomic mass is 10.1. The van der Waals surface area contributed by atoms with E-state index in [1.165, 1.54) is 5.56 Å². The van der Waals surface area contributed by atoms with E-state index in [9.17, 15) is 0 Å². The van der Waals surface area contributed by atoms with Crippen LogP contribution in [0.2, 0.25) is 0 Å². The van der Waals surface area contributed by atoms with E-state index in [1.807, 2.05) is 18.2 Å². The number of benzene rings is 1. The van der Waals surface area contributed by atoms with E-state index in [2.05, 4.69) is 28.6 Å². The van der Waals surface area contributed by atoms with Gasteiger partial charge in [0.2, 0.25) is 0 Å². The number of methoxy groups -OCH3 is 1. The van der Waals surface area contributed by atoms with Crippen molar-refractivity contribution in [3.05, 3.63) is 28.2 Å². The predicted molar refractivity (Wildman–Crippen MR) is 62.9 cm³/mol. The average molecular weight is 261 g/mol. The van der Waals surface area contributed by atoms with Crippen LogP contribution in [0.5, 0.6) is 5.75 Å². The van der Waals surface area contributed by atoms with Crippen LogP contribution in [0.3, 0.4) is 0 Å². The van der Waals surface area contributed by atoms with Crippen molar-refractivity contribution < 1.29 is 4.74 Å². The number of hydrogen-bond donors (Lipinski definition) is 1. The van der Waals surface area contributed by atoms with Gasteiger partial charge in [-0.05, 0) is 30.7 Å². The van der Waals surface area contributed by atoms with Crippen LogP contribution >= 0.6 is 28.6 Å². The maximum Gasteiger partial charge on any atom is 0.123 e. The lowest BCUT2D eigenvalue weighted by Gasteiger charge is -2.09. The van der Waals surface area contributed by atoms with Crippen LogP contribution in [-0.4, -0.2) is 12.9 Å². The molecule has 0 spiro atoms. The van der Waals surface area contributed by atoms with Crippen molar-refractivity contribution in [2.45, 2.75) is 12.8 Å². The summed E-state index contributed by atoms with van der Waals surface area (Å²) < 4.78 is 6.39. The topological polar surface area (TPSA) is 9.23 Å². The molecule has 1 rings (SSSR count). The molecule has 1 aromatic carbocycles. The molecule has 0 heterocycles. The van der Waals surface area contributed by atoms with Crippen molar-refractivity contribution in [2.24, 2.45) is 0 Å². The van der Waals surface area contributed by atoms with Gasteiger partial charge in [-0.2, -0.15) is 12.6 Å². The summed E-state index contributed by atoms with van der Waals surface area (Å²) in [4.78, 5) is 0.